The van der Waals surface area contributed by atoms with E-state index < -0.39 is 0 Å². The van der Waals surface area contributed by atoms with Crippen LogP contribution in [0.4, 0.5) is 11.8 Å². The largest absolute Gasteiger partial charge is 0.368 e. The lowest BCUT2D eigenvalue weighted by atomic mass is 10.2. The number of carbonyl (C=O) groups excluding carboxylic acids is 1. The monoisotopic (exact) mass is 241 g/mol. The summed E-state index contributed by atoms with van der Waals surface area (Å²) in [7, 11) is 0. The third-order valence-electron chi connectivity index (χ3n) is 2.60. The average molecular weight is 242 g/mol. The third kappa shape index (κ3) is 1.88. The molecular weight excluding hydrogens is 230 g/mol. The Balaban J connectivity index is 2.35. The van der Waals surface area contributed by atoms with E-state index in [0.717, 1.165) is 12.8 Å². The predicted molar refractivity (Wildman–Crippen MR) is 61.0 cm³/mol. The zero-order valence-electron chi connectivity index (χ0n) is 8.56. The van der Waals surface area contributed by atoms with E-state index in [1.54, 1.807) is 4.90 Å². The third-order valence-corrected chi connectivity index (χ3v) is 2.86. The number of halogens is 1. The van der Waals surface area contributed by atoms with Crippen molar-refractivity contribution in [2.45, 2.75) is 18.9 Å². The summed E-state index contributed by atoms with van der Waals surface area (Å²) < 4.78 is 0. The topological polar surface area (TPSA) is 98.1 Å². The fourth-order valence-corrected chi connectivity index (χ4v) is 2.09. The molecule has 1 amide bonds. The Morgan fingerprint density at radius 2 is 2.38 bits per heavy atom. The van der Waals surface area contributed by atoms with Crippen molar-refractivity contribution in [3.8, 4) is 0 Å². The summed E-state index contributed by atoms with van der Waals surface area (Å²) in [5.41, 5.74) is 10.8. The number of rotatable bonds is 2. The van der Waals surface area contributed by atoms with Gasteiger partial charge in [-0.2, -0.15) is 4.98 Å². The van der Waals surface area contributed by atoms with Gasteiger partial charge in [-0.3, -0.25) is 4.79 Å². The molecular formula is C9H12ClN5O. The number of primary amides is 1. The predicted octanol–water partition coefficient (Wildman–Crippen LogP) is 0.166. The van der Waals surface area contributed by atoms with Gasteiger partial charge in [-0.15, -0.1) is 0 Å². The molecule has 1 aromatic heterocycles. The Labute approximate surface area is 97.6 Å². The number of hydrogen-bond donors (Lipinski definition) is 2. The molecule has 0 aliphatic carbocycles. The average Bonchev–Trinajstić information content (AvgIpc) is 2.70. The van der Waals surface area contributed by atoms with E-state index >= 15 is 0 Å². The Morgan fingerprint density at radius 3 is 3.06 bits per heavy atom. The SMILES string of the molecule is NC(=O)C1CCCN1c1nc(N)ncc1Cl. The summed E-state index contributed by atoms with van der Waals surface area (Å²) in [5, 5.41) is 0.377. The van der Waals surface area contributed by atoms with Crippen molar-refractivity contribution in [1.29, 1.82) is 0 Å². The normalized spacial score (nSPS) is 20.1. The number of anilines is 2. The number of aromatic nitrogens is 2. The highest BCUT2D eigenvalue weighted by Crippen LogP contribution is 2.29. The van der Waals surface area contributed by atoms with Crippen LogP contribution in [0.25, 0.3) is 0 Å². The van der Waals surface area contributed by atoms with Gasteiger partial charge >= 0.3 is 0 Å². The van der Waals surface area contributed by atoms with Crippen LogP contribution in [0.3, 0.4) is 0 Å². The molecule has 1 aromatic rings. The smallest absolute Gasteiger partial charge is 0.240 e. The quantitative estimate of drug-likeness (QED) is 0.769. The maximum Gasteiger partial charge on any atom is 0.240 e. The van der Waals surface area contributed by atoms with Gasteiger partial charge < -0.3 is 16.4 Å². The Hall–Kier alpha value is -1.56. The van der Waals surface area contributed by atoms with Crippen LogP contribution < -0.4 is 16.4 Å². The lowest BCUT2D eigenvalue weighted by molar-refractivity contribution is -0.119. The maximum absolute atomic E-state index is 11.2. The van der Waals surface area contributed by atoms with Gasteiger partial charge in [-0.1, -0.05) is 11.6 Å². The van der Waals surface area contributed by atoms with Gasteiger partial charge in [0.25, 0.3) is 0 Å². The molecule has 2 heterocycles. The molecule has 1 saturated heterocycles. The molecule has 16 heavy (non-hydrogen) atoms. The van der Waals surface area contributed by atoms with Gasteiger partial charge in [0.1, 0.15) is 11.1 Å². The van der Waals surface area contributed by atoms with Crippen molar-refractivity contribution < 1.29 is 4.79 Å². The van der Waals surface area contributed by atoms with E-state index in [9.17, 15) is 4.79 Å². The van der Waals surface area contributed by atoms with Crippen LogP contribution in [0.2, 0.25) is 5.02 Å². The first-order valence-corrected chi connectivity index (χ1v) is 5.31. The van der Waals surface area contributed by atoms with Crippen LogP contribution in [-0.2, 0) is 4.79 Å². The maximum atomic E-state index is 11.2. The second-order valence-electron chi connectivity index (χ2n) is 3.65. The highest BCUT2D eigenvalue weighted by molar-refractivity contribution is 6.32. The van der Waals surface area contributed by atoms with Gasteiger partial charge in [0.05, 0.1) is 6.20 Å². The summed E-state index contributed by atoms with van der Waals surface area (Å²) in [6.07, 6.45) is 3.03. The molecule has 0 spiro atoms. The fraction of sp³-hybridized carbons (Fsp3) is 0.444. The Morgan fingerprint density at radius 1 is 1.62 bits per heavy atom. The van der Waals surface area contributed by atoms with Gasteiger partial charge in [0, 0.05) is 6.54 Å². The first kappa shape index (κ1) is 10.9. The van der Waals surface area contributed by atoms with Crippen LogP contribution in [-0.4, -0.2) is 28.5 Å². The molecule has 0 saturated carbocycles. The van der Waals surface area contributed by atoms with Crippen molar-refractivity contribution in [2.75, 3.05) is 17.2 Å². The highest BCUT2D eigenvalue weighted by Gasteiger charge is 2.31. The number of nitrogens with two attached hydrogens (primary N) is 2. The number of hydrogen-bond acceptors (Lipinski definition) is 5. The van der Waals surface area contributed by atoms with Crippen LogP contribution in [0.5, 0.6) is 0 Å². The highest BCUT2D eigenvalue weighted by atomic mass is 35.5. The van der Waals surface area contributed by atoms with E-state index in [-0.39, 0.29) is 17.9 Å². The molecule has 1 atom stereocenters. The van der Waals surface area contributed by atoms with Gasteiger partial charge in [-0.25, -0.2) is 4.98 Å². The molecule has 7 heteroatoms. The van der Waals surface area contributed by atoms with Crippen molar-refractivity contribution in [2.24, 2.45) is 5.73 Å². The van der Waals surface area contributed by atoms with Crippen molar-refractivity contribution in [3.05, 3.63) is 11.2 Å². The lowest BCUT2D eigenvalue weighted by Crippen LogP contribution is -2.41. The molecule has 86 valence electrons. The summed E-state index contributed by atoms with van der Waals surface area (Å²) in [4.78, 5) is 20.8. The number of nitrogens with zero attached hydrogens (tertiary/aromatic N) is 3. The molecule has 1 aliphatic heterocycles. The van der Waals surface area contributed by atoms with E-state index in [4.69, 9.17) is 23.1 Å². The van der Waals surface area contributed by atoms with E-state index in [2.05, 4.69) is 9.97 Å². The van der Waals surface area contributed by atoms with Gasteiger partial charge in [-0.05, 0) is 12.8 Å². The van der Waals surface area contributed by atoms with Crippen LogP contribution >= 0.6 is 11.6 Å². The van der Waals surface area contributed by atoms with Crippen molar-refractivity contribution in [3.63, 3.8) is 0 Å². The first-order valence-electron chi connectivity index (χ1n) is 4.93. The minimum absolute atomic E-state index is 0.134. The van der Waals surface area contributed by atoms with Crippen LogP contribution in [0.1, 0.15) is 12.8 Å². The van der Waals surface area contributed by atoms with Gasteiger partial charge in [0.15, 0.2) is 5.82 Å². The zero-order chi connectivity index (χ0) is 11.7. The van der Waals surface area contributed by atoms with E-state index in [1.807, 2.05) is 0 Å². The summed E-state index contributed by atoms with van der Waals surface area (Å²) in [6.45, 7) is 0.698. The molecule has 1 unspecified atom stereocenters. The number of amides is 1. The molecule has 0 radical (unpaired) electrons. The standard InChI is InChI=1S/C9H12ClN5O/c10-5-4-13-9(12)14-8(5)15-3-1-2-6(15)7(11)16/h4,6H,1-3H2,(H2,11,16)(H2,12,13,14). The molecule has 1 aliphatic rings. The van der Waals surface area contributed by atoms with E-state index in [1.165, 1.54) is 6.20 Å². The second kappa shape index (κ2) is 4.13. The van der Waals surface area contributed by atoms with E-state index in [0.29, 0.717) is 17.4 Å². The molecule has 6 nitrogen and oxygen atoms in total. The number of carbonyl (C=O) groups is 1. The molecule has 4 N–H and O–H groups in total. The Bertz CT molecular complexity index is 424. The van der Waals surface area contributed by atoms with Crippen LogP contribution in [0, 0.1) is 0 Å². The Kier molecular flexibility index (Phi) is 2.82. The summed E-state index contributed by atoms with van der Waals surface area (Å²) in [6, 6.07) is -0.355. The second-order valence-corrected chi connectivity index (χ2v) is 4.06. The minimum Gasteiger partial charge on any atom is -0.368 e. The molecule has 1 fully saturated rings. The fourth-order valence-electron chi connectivity index (χ4n) is 1.89. The summed E-state index contributed by atoms with van der Waals surface area (Å²) in [5.74, 6) is 0.246. The molecule has 2 rings (SSSR count). The number of nitrogen functional groups attached to an aromatic ring is 1. The zero-order valence-corrected chi connectivity index (χ0v) is 9.31. The first-order chi connectivity index (χ1) is 7.59. The van der Waals surface area contributed by atoms with Gasteiger partial charge in [0.2, 0.25) is 11.9 Å². The molecule has 0 bridgehead atoms. The minimum atomic E-state index is -0.370. The van der Waals surface area contributed by atoms with Crippen LogP contribution in [0.15, 0.2) is 6.20 Å². The molecule has 0 aromatic carbocycles. The summed E-state index contributed by atoms with van der Waals surface area (Å²) >= 11 is 5.97. The van der Waals surface area contributed by atoms with Crippen molar-refractivity contribution >= 4 is 29.3 Å². The van der Waals surface area contributed by atoms with Crippen molar-refractivity contribution in [1.82, 2.24) is 9.97 Å². The lowest BCUT2D eigenvalue weighted by Gasteiger charge is -2.23.